The van der Waals surface area contributed by atoms with Gasteiger partial charge in [0, 0.05) is 13.1 Å². The number of likely N-dealkylation sites (N-methyl/N-ethyl adjacent to an activating group) is 1. The van der Waals surface area contributed by atoms with E-state index in [0.29, 0.717) is 12.1 Å². The molecule has 1 fully saturated rings. The van der Waals surface area contributed by atoms with Crippen molar-refractivity contribution in [2.24, 2.45) is 0 Å². The van der Waals surface area contributed by atoms with Crippen LogP contribution in [0.15, 0.2) is 24.4 Å². The monoisotopic (exact) mass is 522 g/mol. The van der Waals surface area contributed by atoms with Crippen LogP contribution in [0.4, 0.5) is 10.2 Å². The average Bonchev–Trinajstić information content (AvgIpc) is 3.37. The molecule has 1 aliphatic carbocycles. The molecule has 1 aromatic heterocycles. The van der Waals surface area contributed by atoms with E-state index in [1.807, 2.05) is 6.07 Å². The van der Waals surface area contributed by atoms with E-state index in [2.05, 4.69) is 15.4 Å². The zero-order chi connectivity index (χ0) is 26.2. The quantitative estimate of drug-likeness (QED) is 0.252. The largest absolute Gasteiger partial charge is 0.437 e. The Morgan fingerprint density at radius 1 is 1.39 bits per heavy atom. The first kappa shape index (κ1) is 27.5. The second-order valence-electron chi connectivity index (χ2n) is 8.50. The number of benzene rings is 1. The molecule has 0 spiro atoms. The number of nitriles is 1. The maximum atomic E-state index is 13.4. The minimum atomic E-state index is -2.67. The minimum Gasteiger partial charge on any atom is -0.437 e. The van der Waals surface area contributed by atoms with Gasteiger partial charge in [-0.05, 0) is 37.6 Å². The predicted molar refractivity (Wildman–Crippen MR) is 128 cm³/mol. The molecule has 36 heavy (non-hydrogen) atoms. The van der Waals surface area contributed by atoms with E-state index < -0.39 is 25.2 Å². The average molecular weight is 523 g/mol. The van der Waals surface area contributed by atoms with Crippen molar-refractivity contribution in [3.8, 4) is 11.8 Å². The summed E-state index contributed by atoms with van der Waals surface area (Å²) in [5, 5.41) is 38.7. The minimum absolute atomic E-state index is 0.0535. The Labute approximate surface area is 212 Å². The highest BCUT2D eigenvalue weighted by Gasteiger charge is 2.29. The summed E-state index contributed by atoms with van der Waals surface area (Å²) in [7, 11) is 1.71. The maximum Gasteiger partial charge on any atom is 0.350 e. The number of ether oxygens (including phenoxy) is 1. The lowest BCUT2D eigenvalue weighted by atomic mass is 10.1. The number of amides is 1. The summed E-state index contributed by atoms with van der Waals surface area (Å²) in [5.74, 6) is -0.816. The second kappa shape index (κ2) is 12.8. The first-order valence-electron chi connectivity index (χ1n) is 11.3. The van der Waals surface area contributed by atoms with Gasteiger partial charge in [-0.15, -0.1) is 0 Å². The van der Waals surface area contributed by atoms with Crippen LogP contribution in [0.25, 0.3) is 0 Å². The van der Waals surface area contributed by atoms with Gasteiger partial charge in [0.05, 0.1) is 30.5 Å². The van der Waals surface area contributed by atoms with Crippen LogP contribution in [0.2, 0.25) is 5.02 Å². The van der Waals surface area contributed by atoms with Crippen molar-refractivity contribution in [2.45, 2.75) is 50.9 Å². The Kier molecular flexibility index (Phi) is 9.74. The number of hydrogen-bond acceptors (Lipinski definition) is 10. The normalized spacial score (nSPS) is 15.4. The van der Waals surface area contributed by atoms with Crippen molar-refractivity contribution in [1.29, 1.82) is 5.26 Å². The van der Waals surface area contributed by atoms with Gasteiger partial charge in [-0.2, -0.15) is 14.6 Å². The zero-order valence-corrected chi connectivity index (χ0v) is 20.4. The van der Waals surface area contributed by atoms with E-state index in [-0.39, 0.29) is 40.6 Å². The van der Waals surface area contributed by atoms with Crippen LogP contribution in [0.5, 0.6) is 5.75 Å². The Morgan fingerprint density at radius 3 is 2.75 bits per heavy atom. The van der Waals surface area contributed by atoms with Crippen molar-refractivity contribution in [3.63, 3.8) is 0 Å². The fourth-order valence-electron chi connectivity index (χ4n) is 4.08. The molecule has 194 valence electrons. The first-order chi connectivity index (χ1) is 17.2. The number of carbonyl (C=O) groups is 1. The molecule has 4 N–H and O–H groups in total. The summed E-state index contributed by atoms with van der Waals surface area (Å²) in [6, 6.07) is 6.16. The molecule has 1 heterocycles. The number of alkyl halides is 1. The molecule has 2 atom stereocenters. The van der Waals surface area contributed by atoms with E-state index in [9.17, 15) is 24.7 Å². The number of nitrogens with one attached hydrogen (secondary N) is 1. The molecule has 1 saturated carbocycles. The van der Waals surface area contributed by atoms with Gasteiger partial charge in [-0.1, -0.05) is 30.5 Å². The fraction of sp³-hybridized carbons (Fsp3) is 0.478. The van der Waals surface area contributed by atoms with Gasteiger partial charge < -0.3 is 20.1 Å². The molecule has 0 bridgehead atoms. The number of carbonyl (C=O) groups excluding carboxylic acids is 1. The standard InChI is InChI=1S/C23H28ClFN6O5/c1-30(12-16(33)13-32)11-14-6-7-17(19(8-14)36-23(25)35)22(34)29-31(15-4-2-3-5-15)21-18(24)10-27-20(9-26)28-21/h6-8,10,15-16,23,32-33,35H,2-5,11-13H2,1H3,(H,29,34). The highest BCUT2D eigenvalue weighted by Crippen LogP contribution is 2.31. The predicted octanol–water partition coefficient (Wildman–Crippen LogP) is 1.50. The van der Waals surface area contributed by atoms with E-state index in [1.165, 1.54) is 23.3 Å². The number of aromatic nitrogens is 2. The molecular formula is C23H28ClFN6O5. The van der Waals surface area contributed by atoms with Crippen molar-refractivity contribution in [1.82, 2.24) is 20.3 Å². The third-order valence-corrected chi connectivity index (χ3v) is 5.93. The molecule has 11 nitrogen and oxygen atoms in total. The van der Waals surface area contributed by atoms with Crippen molar-refractivity contribution in [2.75, 3.05) is 25.2 Å². The molecule has 0 aliphatic heterocycles. The smallest absolute Gasteiger partial charge is 0.350 e. The molecule has 1 amide bonds. The van der Waals surface area contributed by atoms with E-state index in [4.69, 9.17) is 21.4 Å². The Morgan fingerprint density at radius 2 is 2.11 bits per heavy atom. The van der Waals surface area contributed by atoms with Crippen LogP contribution >= 0.6 is 11.6 Å². The number of rotatable bonds is 11. The molecule has 3 rings (SSSR count). The summed E-state index contributed by atoms with van der Waals surface area (Å²) >= 11 is 6.30. The van der Waals surface area contributed by atoms with Crippen LogP contribution < -0.4 is 15.2 Å². The van der Waals surface area contributed by atoms with Gasteiger partial charge in [0.15, 0.2) is 5.82 Å². The highest BCUT2D eigenvalue weighted by atomic mass is 35.5. The van der Waals surface area contributed by atoms with Crippen LogP contribution in [-0.4, -0.2) is 75.0 Å². The Balaban J connectivity index is 1.89. The SMILES string of the molecule is CN(Cc1ccc(C(=O)NN(c2nc(C#N)ncc2Cl)C2CCCC2)c(OC(O)F)c1)CC(O)CO. The lowest BCUT2D eigenvalue weighted by Crippen LogP contribution is -2.48. The van der Waals surface area contributed by atoms with Crippen LogP contribution in [0.1, 0.15) is 47.4 Å². The van der Waals surface area contributed by atoms with E-state index >= 15 is 0 Å². The van der Waals surface area contributed by atoms with Crippen molar-refractivity contribution >= 4 is 23.3 Å². The summed E-state index contributed by atoms with van der Waals surface area (Å²) in [6.45, 7) is -2.59. The number of nitrogens with zero attached hydrogens (tertiary/aromatic N) is 5. The molecular weight excluding hydrogens is 495 g/mol. The number of aliphatic hydroxyl groups excluding tert-OH is 3. The third-order valence-electron chi connectivity index (χ3n) is 5.67. The maximum absolute atomic E-state index is 13.4. The van der Waals surface area contributed by atoms with E-state index in [1.54, 1.807) is 18.0 Å². The van der Waals surface area contributed by atoms with Crippen LogP contribution in [0, 0.1) is 11.3 Å². The summed E-state index contributed by atoms with van der Waals surface area (Å²) < 4.78 is 18.3. The number of halogens is 2. The number of hydrogen-bond donors (Lipinski definition) is 4. The lowest BCUT2D eigenvalue weighted by Gasteiger charge is -2.31. The summed E-state index contributed by atoms with van der Waals surface area (Å²) in [4.78, 5) is 23.0. The van der Waals surface area contributed by atoms with Crippen LogP contribution in [-0.2, 0) is 6.54 Å². The van der Waals surface area contributed by atoms with Gasteiger partial charge in [0.2, 0.25) is 5.82 Å². The third kappa shape index (κ3) is 7.22. The Hall–Kier alpha value is -3.08. The topological polar surface area (TPSA) is 155 Å². The lowest BCUT2D eigenvalue weighted by molar-refractivity contribution is -0.119. The van der Waals surface area contributed by atoms with Gasteiger partial charge in [-0.25, -0.2) is 4.98 Å². The summed E-state index contributed by atoms with van der Waals surface area (Å²) in [5.41, 5.74) is 3.30. The van der Waals surface area contributed by atoms with Crippen LogP contribution in [0.3, 0.4) is 0 Å². The molecule has 1 aromatic carbocycles. The zero-order valence-electron chi connectivity index (χ0n) is 19.6. The van der Waals surface area contributed by atoms with Gasteiger partial charge in [0.25, 0.3) is 5.91 Å². The second-order valence-corrected chi connectivity index (χ2v) is 8.91. The number of anilines is 1. The van der Waals surface area contributed by atoms with Crippen molar-refractivity contribution in [3.05, 3.63) is 46.4 Å². The van der Waals surface area contributed by atoms with Gasteiger partial charge in [-0.3, -0.25) is 20.1 Å². The molecule has 2 unspecified atom stereocenters. The fourth-order valence-corrected chi connectivity index (χ4v) is 4.26. The molecule has 0 radical (unpaired) electrons. The first-order valence-corrected chi connectivity index (χ1v) is 11.7. The van der Waals surface area contributed by atoms with Gasteiger partial charge >= 0.3 is 6.54 Å². The molecule has 2 aromatic rings. The molecule has 1 aliphatic rings. The summed E-state index contributed by atoms with van der Waals surface area (Å²) in [6.07, 6.45) is 3.71. The molecule has 13 heteroatoms. The highest BCUT2D eigenvalue weighted by molar-refractivity contribution is 6.32. The Bertz CT molecular complexity index is 1100. The molecule has 0 saturated heterocycles. The number of aliphatic hydroxyl groups is 3. The van der Waals surface area contributed by atoms with Crippen molar-refractivity contribution < 1.29 is 29.2 Å². The van der Waals surface area contributed by atoms with E-state index in [0.717, 1.165) is 25.7 Å². The number of hydrazine groups is 1. The van der Waals surface area contributed by atoms with Gasteiger partial charge in [0.1, 0.15) is 16.8 Å².